The van der Waals surface area contributed by atoms with Gasteiger partial charge in [0.25, 0.3) is 0 Å². The van der Waals surface area contributed by atoms with Gasteiger partial charge in [0.2, 0.25) is 0 Å². The lowest BCUT2D eigenvalue weighted by molar-refractivity contribution is 0.148. The van der Waals surface area contributed by atoms with Crippen molar-refractivity contribution >= 4 is 0 Å². The zero-order chi connectivity index (χ0) is 10.7. The first-order chi connectivity index (χ1) is 7.27. The molecule has 1 saturated heterocycles. The maximum Gasteiger partial charge on any atom is 0.00416 e. The molecule has 0 bridgehead atoms. The zero-order valence-electron chi connectivity index (χ0n) is 10.2. The SMILES string of the molecule is CC1CC(C2CCC=CCC2)C(C)CN1. The minimum absolute atomic E-state index is 0.738. The molecule has 1 heterocycles. The summed E-state index contributed by atoms with van der Waals surface area (Å²) in [5, 5.41) is 3.60. The average molecular weight is 207 g/mol. The third kappa shape index (κ3) is 2.84. The van der Waals surface area contributed by atoms with Gasteiger partial charge < -0.3 is 5.32 Å². The average Bonchev–Trinajstić information content (AvgIpc) is 2.50. The molecule has 2 aliphatic rings. The van der Waals surface area contributed by atoms with Crippen LogP contribution < -0.4 is 5.32 Å². The molecule has 1 aliphatic heterocycles. The van der Waals surface area contributed by atoms with E-state index in [1.54, 1.807) is 0 Å². The van der Waals surface area contributed by atoms with Gasteiger partial charge in [-0.25, -0.2) is 0 Å². The van der Waals surface area contributed by atoms with E-state index in [4.69, 9.17) is 0 Å². The minimum Gasteiger partial charge on any atom is -0.314 e. The van der Waals surface area contributed by atoms with Crippen LogP contribution in [0.25, 0.3) is 0 Å². The van der Waals surface area contributed by atoms with E-state index in [1.807, 2.05) is 0 Å². The largest absolute Gasteiger partial charge is 0.314 e. The zero-order valence-corrected chi connectivity index (χ0v) is 10.2. The number of hydrogen-bond donors (Lipinski definition) is 1. The normalized spacial score (nSPS) is 38.9. The number of allylic oxidation sites excluding steroid dienone is 2. The summed E-state index contributed by atoms with van der Waals surface area (Å²) in [4.78, 5) is 0. The molecule has 3 unspecified atom stereocenters. The molecule has 3 atom stereocenters. The smallest absolute Gasteiger partial charge is 0.00416 e. The molecule has 1 nitrogen and oxygen atoms in total. The van der Waals surface area contributed by atoms with Crippen LogP contribution in [0.15, 0.2) is 12.2 Å². The van der Waals surface area contributed by atoms with E-state index < -0.39 is 0 Å². The van der Waals surface area contributed by atoms with Gasteiger partial charge in [0.15, 0.2) is 0 Å². The molecule has 1 aliphatic carbocycles. The molecule has 0 saturated carbocycles. The molecule has 86 valence electrons. The van der Waals surface area contributed by atoms with Gasteiger partial charge in [-0.15, -0.1) is 0 Å². The van der Waals surface area contributed by atoms with Crippen LogP contribution in [0.2, 0.25) is 0 Å². The Balaban J connectivity index is 1.94. The van der Waals surface area contributed by atoms with Crippen LogP contribution in [0, 0.1) is 17.8 Å². The van der Waals surface area contributed by atoms with Crippen LogP contribution in [0.4, 0.5) is 0 Å². The first kappa shape index (κ1) is 11.2. The summed E-state index contributed by atoms with van der Waals surface area (Å²) in [6, 6.07) is 0.738. The van der Waals surface area contributed by atoms with E-state index in [-0.39, 0.29) is 0 Å². The summed E-state index contributed by atoms with van der Waals surface area (Å²) in [5.74, 6) is 2.84. The lowest BCUT2D eigenvalue weighted by atomic mass is 9.73. The van der Waals surface area contributed by atoms with E-state index in [0.717, 1.165) is 23.8 Å². The summed E-state index contributed by atoms with van der Waals surface area (Å²) in [5.41, 5.74) is 0. The summed E-state index contributed by atoms with van der Waals surface area (Å²) in [7, 11) is 0. The van der Waals surface area contributed by atoms with Gasteiger partial charge in [-0.1, -0.05) is 19.1 Å². The Hall–Kier alpha value is -0.300. The Morgan fingerprint density at radius 3 is 2.40 bits per heavy atom. The molecule has 1 fully saturated rings. The quantitative estimate of drug-likeness (QED) is 0.650. The van der Waals surface area contributed by atoms with Crippen LogP contribution in [0.3, 0.4) is 0 Å². The number of nitrogens with one attached hydrogen (secondary N) is 1. The van der Waals surface area contributed by atoms with E-state index in [1.165, 1.54) is 38.6 Å². The molecule has 1 N–H and O–H groups in total. The highest BCUT2D eigenvalue weighted by Gasteiger charge is 2.31. The van der Waals surface area contributed by atoms with Gasteiger partial charge >= 0.3 is 0 Å². The summed E-state index contributed by atoms with van der Waals surface area (Å²) < 4.78 is 0. The van der Waals surface area contributed by atoms with Crippen molar-refractivity contribution in [1.82, 2.24) is 5.32 Å². The van der Waals surface area contributed by atoms with Gasteiger partial charge in [-0.05, 0) is 63.3 Å². The van der Waals surface area contributed by atoms with E-state index >= 15 is 0 Å². The third-order valence-corrected chi connectivity index (χ3v) is 4.33. The standard InChI is InChI=1S/C14H25N/c1-11-10-15-12(2)9-14(11)13-7-5-3-4-6-8-13/h3-4,11-15H,5-10H2,1-2H3. The Labute approximate surface area is 94.3 Å². The van der Waals surface area contributed by atoms with E-state index in [2.05, 4.69) is 31.3 Å². The molecule has 0 spiro atoms. The predicted molar refractivity (Wildman–Crippen MR) is 65.8 cm³/mol. The van der Waals surface area contributed by atoms with Gasteiger partial charge in [0, 0.05) is 6.04 Å². The van der Waals surface area contributed by atoms with Crippen molar-refractivity contribution in [3.05, 3.63) is 12.2 Å². The van der Waals surface area contributed by atoms with Crippen LogP contribution >= 0.6 is 0 Å². The maximum atomic E-state index is 3.60. The molecule has 0 aromatic rings. The Morgan fingerprint density at radius 2 is 1.73 bits per heavy atom. The van der Waals surface area contributed by atoms with E-state index in [0.29, 0.717) is 0 Å². The highest BCUT2D eigenvalue weighted by atomic mass is 14.9. The molecular formula is C14H25N. The Morgan fingerprint density at radius 1 is 1.07 bits per heavy atom. The minimum atomic E-state index is 0.738. The second-order valence-electron chi connectivity index (χ2n) is 5.57. The first-order valence-corrected chi connectivity index (χ1v) is 6.65. The molecule has 0 radical (unpaired) electrons. The molecule has 15 heavy (non-hydrogen) atoms. The highest BCUT2D eigenvalue weighted by Crippen LogP contribution is 2.35. The summed E-state index contributed by atoms with van der Waals surface area (Å²) in [6.45, 7) is 6.01. The topological polar surface area (TPSA) is 12.0 Å². The van der Waals surface area contributed by atoms with Crippen molar-refractivity contribution in [2.75, 3.05) is 6.54 Å². The van der Waals surface area contributed by atoms with Gasteiger partial charge in [0.1, 0.15) is 0 Å². The van der Waals surface area contributed by atoms with Crippen LogP contribution in [0.1, 0.15) is 46.0 Å². The molecule has 1 heteroatoms. The van der Waals surface area contributed by atoms with Crippen LogP contribution in [-0.2, 0) is 0 Å². The predicted octanol–water partition coefficient (Wildman–Crippen LogP) is 3.37. The summed E-state index contributed by atoms with van der Waals surface area (Å²) in [6.07, 6.45) is 11.7. The van der Waals surface area contributed by atoms with Crippen molar-refractivity contribution < 1.29 is 0 Å². The lowest BCUT2D eigenvalue weighted by Crippen LogP contribution is -2.43. The van der Waals surface area contributed by atoms with Crippen molar-refractivity contribution in [3.63, 3.8) is 0 Å². The highest BCUT2D eigenvalue weighted by molar-refractivity contribution is 4.91. The maximum absolute atomic E-state index is 3.60. The first-order valence-electron chi connectivity index (χ1n) is 6.65. The number of hydrogen-bond acceptors (Lipinski definition) is 1. The molecular weight excluding hydrogens is 182 g/mol. The molecule has 0 amide bonds. The van der Waals surface area contributed by atoms with Crippen molar-refractivity contribution in [3.8, 4) is 0 Å². The monoisotopic (exact) mass is 207 g/mol. The van der Waals surface area contributed by atoms with Crippen molar-refractivity contribution in [2.24, 2.45) is 17.8 Å². The number of piperidine rings is 1. The Bertz CT molecular complexity index is 211. The molecule has 0 aromatic carbocycles. The Kier molecular flexibility index (Phi) is 3.85. The fourth-order valence-electron chi connectivity index (χ4n) is 3.35. The van der Waals surface area contributed by atoms with Crippen molar-refractivity contribution in [1.29, 1.82) is 0 Å². The fraction of sp³-hybridized carbons (Fsp3) is 0.857. The summed E-state index contributed by atoms with van der Waals surface area (Å²) >= 11 is 0. The van der Waals surface area contributed by atoms with Gasteiger partial charge in [0.05, 0.1) is 0 Å². The third-order valence-electron chi connectivity index (χ3n) is 4.33. The number of rotatable bonds is 1. The van der Waals surface area contributed by atoms with Crippen molar-refractivity contribution in [2.45, 2.75) is 52.0 Å². The van der Waals surface area contributed by atoms with E-state index in [9.17, 15) is 0 Å². The molecule has 0 aromatic heterocycles. The van der Waals surface area contributed by atoms with Gasteiger partial charge in [-0.2, -0.15) is 0 Å². The van der Waals surface area contributed by atoms with Crippen LogP contribution in [-0.4, -0.2) is 12.6 Å². The fourth-order valence-corrected chi connectivity index (χ4v) is 3.35. The van der Waals surface area contributed by atoms with Gasteiger partial charge in [-0.3, -0.25) is 0 Å². The second kappa shape index (κ2) is 5.16. The van der Waals surface area contributed by atoms with Crippen LogP contribution in [0.5, 0.6) is 0 Å². The molecule has 2 rings (SSSR count). The second-order valence-corrected chi connectivity index (χ2v) is 5.57. The lowest BCUT2D eigenvalue weighted by Gasteiger charge is -2.38.